The lowest BCUT2D eigenvalue weighted by Gasteiger charge is -2.12. The number of hydrogen-bond donors (Lipinski definition) is 0. The molecule has 1 atom stereocenters. The Hall–Kier alpha value is -0.390. The van der Waals surface area contributed by atoms with E-state index in [2.05, 4.69) is 62.5 Å². The predicted octanol–water partition coefficient (Wildman–Crippen LogP) is 4.37. The van der Waals surface area contributed by atoms with Crippen LogP contribution in [0.1, 0.15) is 24.2 Å². The zero-order chi connectivity index (χ0) is 12.8. The maximum Gasteiger partial charge on any atom is 0.170 e. The first-order valence-corrected chi connectivity index (χ1v) is 8.77. The van der Waals surface area contributed by atoms with E-state index >= 15 is 0 Å². The summed E-state index contributed by atoms with van der Waals surface area (Å²) in [6.45, 7) is 2.09. The van der Waals surface area contributed by atoms with Crippen molar-refractivity contribution >= 4 is 39.2 Å². The normalized spacial score (nSPS) is 12.6. The first kappa shape index (κ1) is 14.0. The quantitative estimate of drug-likeness (QED) is 0.575. The van der Waals surface area contributed by atoms with Gasteiger partial charge in [0.05, 0.1) is 0 Å². The smallest absolute Gasteiger partial charge is 0.170 e. The topological polar surface area (TPSA) is 25.8 Å². The van der Waals surface area contributed by atoms with Gasteiger partial charge in [0.2, 0.25) is 0 Å². The SMILES string of the molecule is CCc1nsc(SCC(CBr)c2ccccc2)n1. The molecule has 0 amide bonds. The fourth-order valence-corrected chi connectivity index (χ4v) is 4.32. The van der Waals surface area contributed by atoms with Gasteiger partial charge in [-0.1, -0.05) is 64.9 Å². The Morgan fingerprint density at radius 2 is 2.11 bits per heavy atom. The number of aromatic nitrogens is 2. The molecule has 0 fully saturated rings. The molecule has 0 spiro atoms. The maximum atomic E-state index is 4.48. The maximum absolute atomic E-state index is 4.48. The summed E-state index contributed by atoms with van der Waals surface area (Å²) in [6, 6.07) is 10.6. The first-order chi connectivity index (χ1) is 8.83. The van der Waals surface area contributed by atoms with Crippen molar-refractivity contribution in [2.45, 2.75) is 23.6 Å². The molecule has 2 nitrogen and oxygen atoms in total. The number of benzene rings is 1. The van der Waals surface area contributed by atoms with Gasteiger partial charge < -0.3 is 0 Å². The van der Waals surface area contributed by atoms with E-state index in [0.717, 1.165) is 27.7 Å². The zero-order valence-electron chi connectivity index (χ0n) is 10.2. The molecule has 2 rings (SSSR count). The van der Waals surface area contributed by atoms with Crippen molar-refractivity contribution in [3.63, 3.8) is 0 Å². The Bertz CT molecular complexity index is 473. The molecule has 1 aromatic heterocycles. The number of hydrogen-bond acceptors (Lipinski definition) is 4. The predicted molar refractivity (Wildman–Crippen MR) is 83.0 cm³/mol. The minimum absolute atomic E-state index is 0.519. The number of thioether (sulfide) groups is 1. The summed E-state index contributed by atoms with van der Waals surface area (Å²) in [4.78, 5) is 4.48. The molecule has 0 aliphatic rings. The van der Waals surface area contributed by atoms with Gasteiger partial charge in [0, 0.05) is 23.4 Å². The van der Waals surface area contributed by atoms with Crippen LogP contribution >= 0.6 is 39.2 Å². The fourth-order valence-electron chi connectivity index (χ4n) is 1.57. The van der Waals surface area contributed by atoms with Gasteiger partial charge in [0.15, 0.2) is 4.34 Å². The zero-order valence-corrected chi connectivity index (χ0v) is 13.4. The number of alkyl halides is 1. The molecule has 0 bridgehead atoms. The Kier molecular flexibility index (Phi) is 5.66. The Morgan fingerprint density at radius 1 is 1.33 bits per heavy atom. The van der Waals surface area contributed by atoms with Gasteiger partial charge in [-0.2, -0.15) is 4.37 Å². The highest BCUT2D eigenvalue weighted by Crippen LogP contribution is 2.28. The first-order valence-electron chi connectivity index (χ1n) is 5.89. The fraction of sp³-hybridized carbons (Fsp3) is 0.385. The average Bonchev–Trinajstić information content (AvgIpc) is 2.89. The highest BCUT2D eigenvalue weighted by molar-refractivity contribution is 9.09. The van der Waals surface area contributed by atoms with Crippen molar-refractivity contribution in [3.8, 4) is 0 Å². The van der Waals surface area contributed by atoms with E-state index in [9.17, 15) is 0 Å². The van der Waals surface area contributed by atoms with E-state index in [1.807, 2.05) is 0 Å². The molecule has 18 heavy (non-hydrogen) atoms. The van der Waals surface area contributed by atoms with Crippen LogP contribution in [0.4, 0.5) is 0 Å². The van der Waals surface area contributed by atoms with Crippen LogP contribution in [0.25, 0.3) is 0 Å². The summed E-state index contributed by atoms with van der Waals surface area (Å²) in [7, 11) is 0. The molecule has 96 valence electrons. The van der Waals surface area contributed by atoms with Crippen molar-refractivity contribution in [2.75, 3.05) is 11.1 Å². The van der Waals surface area contributed by atoms with Crippen LogP contribution in [0.5, 0.6) is 0 Å². The summed E-state index contributed by atoms with van der Waals surface area (Å²) < 4.78 is 5.39. The van der Waals surface area contributed by atoms with Gasteiger partial charge in [-0.05, 0) is 17.1 Å². The molecule has 2 aromatic rings. The second-order valence-electron chi connectivity index (χ2n) is 3.90. The third-order valence-electron chi connectivity index (χ3n) is 2.63. The lowest BCUT2D eigenvalue weighted by Crippen LogP contribution is -2.03. The van der Waals surface area contributed by atoms with Crippen LogP contribution in [-0.4, -0.2) is 20.4 Å². The minimum Gasteiger partial charge on any atom is -0.213 e. The van der Waals surface area contributed by atoms with E-state index in [4.69, 9.17) is 0 Å². The van der Waals surface area contributed by atoms with Crippen LogP contribution in [-0.2, 0) is 6.42 Å². The van der Waals surface area contributed by atoms with Crippen molar-refractivity contribution in [1.29, 1.82) is 0 Å². The average molecular weight is 343 g/mol. The third-order valence-corrected chi connectivity index (χ3v) is 5.45. The molecule has 1 aromatic carbocycles. The molecule has 0 aliphatic heterocycles. The number of halogens is 1. The molecule has 0 radical (unpaired) electrons. The second-order valence-corrected chi connectivity index (χ2v) is 6.57. The molecule has 1 unspecified atom stereocenters. The second kappa shape index (κ2) is 7.26. The molecular formula is C13H15BrN2S2. The van der Waals surface area contributed by atoms with Crippen molar-refractivity contribution in [1.82, 2.24) is 9.36 Å². The van der Waals surface area contributed by atoms with E-state index in [0.29, 0.717) is 5.92 Å². The van der Waals surface area contributed by atoms with Gasteiger partial charge in [0.25, 0.3) is 0 Å². The van der Waals surface area contributed by atoms with Crippen molar-refractivity contribution in [3.05, 3.63) is 41.7 Å². The Morgan fingerprint density at radius 3 is 2.72 bits per heavy atom. The van der Waals surface area contributed by atoms with Crippen LogP contribution in [0, 0.1) is 0 Å². The van der Waals surface area contributed by atoms with Crippen LogP contribution < -0.4 is 0 Å². The number of rotatable bonds is 6. The van der Waals surface area contributed by atoms with Gasteiger partial charge >= 0.3 is 0 Å². The summed E-state index contributed by atoms with van der Waals surface area (Å²) in [5, 5.41) is 0.976. The third kappa shape index (κ3) is 3.80. The summed E-state index contributed by atoms with van der Waals surface area (Å²) in [5.41, 5.74) is 1.38. The Balaban J connectivity index is 1.95. The van der Waals surface area contributed by atoms with Crippen LogP contribution in [0.3, 0.4) is 0 Å². The van der Waals surface area contributed by atoms with Crippen molar-refractivity contribution in [2.24, 2.45) is 0 Å². The van der Waals surface area contributed by atoms with E-state index in [1.54, 1.807) is 11.8 Å². The lowest BCUT2D eigenvalue weighted by atomic mass is 10.0. The highest BCUT2D eigenvalue weighted by Gasteiger charge is 2.12. The minimum atomic E-state index is 0.519. The largest absolute Gasteiger partial charge is 0.213 e. The van der Waals surface area contributed by atoms with Crippen molar-refractivity contribution < 1.29 is 0 Å². The van der Waals surface area contributed by atoms with E-state index in [-0.39, 0.29) is 0 Å². The lowest BCUT2D eigenvalue weighted by molar-refractivity contribution is 0.900. The van der Waals surface area contributed by atoms with Gasteiger partial charge in [0.1, 0.15) is 5.82 Å². The standard InChI is InChI=1S/C13H15BrN2S2/c1-2-12-15-13(18-16-12)17-9-11(8-14)10-6-4-3-5-7-10/h3-7,11H,2,8-9H2,1H3. The van der Waals surface area contributed by atoms with Gasteiger partial charge in [-0.25, -0.2) is 4.98 Å². The summed E-state index contributed by atoms with van der Waals surface area (Å²) in [6.07, 6.45) is 0.914. The molecule has 0 aliphatic carbocycles. The number of aryl methyl sites for hydroxylation is 1. The van der Waals surface area contributed by atoms with E-state index < -0.39 is 0 Å². The Labute approximate surface area is 125 Å². The molecular weight excluding hydrogens is 328 g/mol. The van der Waals surface area contributed by atoms with Crippen LogP contribution in [0.2, 0.25) is 0 Å². The summed E-state index contributed by atoms with van der Waals surface area (Å²) >= 11 is 6.91. The highest BCUT2D eigenvalue weighted by atomic mass is 79.9. The molecule has 5 heteroatoms. The van der Waals surface area contributed by atoms with Crippen LogP contribution in [0.15, 0.2) is 34.7 Å². The molecule has 0 saturated carbocycles. The monoisotopic (exact) mass is 342 g/mol. The summed E-state index contributed by atoms with van der Waals surface area (Å²) in [5.74, 6) is 2.51. The molecule has 0 saturated heterocycles. The van der Waals surface area contributed by atoms with Gasteiger partial charge in [-0.15, -0.1) is 0 Å². The molecule has 1 heterocycles. The number of nitrogens with zero attached hydrogens (tertiary/aromatic N) is 2. The van der Waals surface area contributed by atoms with E-state index in [1.165, 1.54) is 17.1 Å². The van der Waals surface area contributed by atoms with Gasteiger partial charge in [-0.3, -0.25) is 0 Å². The molecule has 0 N–H and O–H groups in total.